The maximum atomic E-state index is 3.77. The minimum atomic E-state index is -1.01. The van der Waals surface area contributed by atoms with E-state index in [0.717, 1.165) is 0 Å². The second kappa shape index (κ2) is 3.51. The molecule has 0 bridgehead atoms. The van der Waals surface area contributed by atoms with Crippen LogP contribution < -0.4 is 0 Å². The van der Waals surface area contributed by atoms with E-state index in [1.807, 2.05) is 0 Å². The summed E-state index contributed by atoms with van der Waals surface area (Å²) in [5.41, 5.74) is 0. The SMILES string of the molecule is Br[Si]1CC[Si](Br)(Br)CC1. The van der Waals surface area contributed by atoms with Gasteiger partial charge >= 0.3 is 0 Å². The normalized spacial score (nSPS) is 28.3. The molecule has 0 N–H and O–H groups in total. The molecule has 0 amide bonds. The molecule has 0 unspecified atom stereocenters. The molecule has 0 saturated carbocycles. The predicted molar refractivity (Wildman–Crippen MR) is 57.5 cm³/mol. The molecule has 0 atom stereocenters. The van der Waals surface area contributed by atoms with Gasteiger partial charge in [-0.05, 0) is 24.2 Å². The van der Waals surface area contributed by atoms with Crippen molar-refractivity contribution >= 4 is 58.6 Å². The van der Waals surface area contributed by atoms with Crippen LogP contribution >= 0.6 is 45.9 Å². The topological polar surface area (TPSA) is 0 Å². The molecule has 0 aliphatic carbocycles. The highest BCUT2D eigenvalue weighted by atomic mass is 79.9. The van der Waals surface area contributed by atoms with Crippen molar-refractivity contribution in [3.05, 3.63) is 0 Å². The summed E-state index contributed by atoms with van der Waals surface area (Å²) in [6, 6.07) is 5.69. The Morgan fingerprint density at radius 3 is 1.89 bits per heavy atom. The van der Waals surface area contributed by atoms with Gasteiger partial charge in [0.25, 0.3) is 0 Å². The van der Waals surface area contributed by atoms with E-state index in [1.165, 1.54) is 24.2 Å². The molecule has 9 heavy (non-hydrogen) atoms. The largest absolute Gasteiger partial charge is 0.200 e. The maximum Gasteiger partial charge on any atom is 0.200 e. The second-order valence-corrected chi connectivity index (χ2v) is 22.8. The molecular weight excluding hydrogens is 344 g/mol. The Kier molecular flexibility index (Phi) is 3.50. The van der Waals surface area contributed by atoms with Gasteiger partial charge < -0.3 is 0 Å². The van der Waals surface area contributed by atoms with Crippen molar-refractivity contribution in [2.45, 2.75) is 24.2 Å². The Morgan fingerprint density at radius 2 is 1.56 bits per heavy atom. The van der Waals surface area contributed by atoms with Crippen LogP contribution in [0.4, 0.5) is 0 Å². The summed E-state index contributed by atoms with van der Waals surface area (Å²) in [5, 5.41) is -1.01. The third kappa shape index (κ3) is 3.18. The highest BCUT2D eigenvalue weighted by Gasteiger charge is 2.32. The lowest BCUT2D eigenvalue weighted by molar-refractivity contribution is 1.23. The minimum Gasteiger partial charge on any atom is -0.129 e. The standard InChI is InChI=1S/C4H8Br3Si2/c5-8-1-3-9(6,7)4-2-8/h1-4H2. The van der Waals surface area contributed by atoms with Crippen molar-refractivity contribution in [2.24, 2.45) is 0 Å². The van der Waals surface area contributed by atoms with Crippen molar-refractivity contribution in [1.29, 1.82) is 0 Å². The van der Waals surface area contributed by atoms with E-state index >= 15 is 0 Å². The molecule has 1 heterocycles. The highest BCUT2D eigenvalue weighted by Crippen LogP contribution is 2.39. The number of halogens is 3. The predicted octanol–water partition coefficient (Wildman–Crippen LogP) is 3.62. The fourth-order valence-electron chi connectivity index (χ4n) is 0.887. The molecule has 1 rings (SSSR count). The van der Waals surface area contributed by atoms with E-state index in [9.17, 15) is 0 Å². The van der Waals surface area contributed by atoms with E-state index in [1.54, 1.807) is 0 Å². The van der Waals surface area contributed by atoms with Crippen LogP contribution in [0.15, 0.2) is 0 Å². The van der Waals surface area contributed by atoms with Crippen LogP contribution in [0.1, 0.15) is 0 Å². The molecule has 1 aliphatic heterocycles. The smallest absolute Gasteiger partial charge is 0.129 e. The van der Waals surface area contributed by atoms with Crippen molar-refractivity contribution < 1.29 is 0 Å². The quantitative estimate of drug-likeness (QED) is 0.462. The molecule has 0 aromatic rings. The van der Waals surface area contributed by atoms with Gasteiger partial charge in [0.05, 0.1) is 0 Å². The second-order valence-electron chi connectivity index (χ2n) is 2.37. The zero-order valence-electron chi connectivity index (χ0n) is 4.96. The first kappa shape index (κ1) is 8.97. The molecule has 1 fully saturated rings. The number of hydrogen-bond acceptors (Lipinski definition) is 0. The van der Waals surface area contributed by atoms with E-state index in [4.69, 9.17) is 0 Å². The fraction of sp³-hybridized carbons (Fsp3) is 1.00. The lowest BCUT2D eigenvalue weighted by Crippen LogP contribution is -2.25. The summed E-state index contributed by atoms with van der Waals surface area (Å²) in [6.45, 7) is 0. The van der Waals surface area contributed by atoms with Crippen molar-refractivity contribution in [1.82, 2.24) is 0 Å². The third-order valence-corrected chi connectivity index (χ3v) is 13.2. The summed E-state index contributed by atoms with van der Waals surface area (Å²) in [6.07, 6.45) is 0. The number of rotatable bonds is 0. The summed E-state index contributed by atoms with van der Waals surface area (Å²) in [7, 11) is -0.0762. The Balaban J connectivity index is 2.35. The van der Waals surface area contributed by atoms with Gasteiger partial charge in [0.1, 0.15) is 7.42 Å². The first-order valence-corrected chi connectivity index (χ1v) is 14.1. The van der Waals surface area contributed by atoms with E-state index < -0.39 is 5.31 Å². The van der Waals surface area contributed by atoms with E-state index in [-0.39, 0.29) is 7.42 Å². The Bertz CT molecular complexity index is 96.0. The van der Waals surface area contributed by atoms with Crippen LogP contribution in [-0.4, -0.2) is 12.7 Å². The van der Waals surface area contributed by atoms with Crippen molar-refractivity contribution in [3.8, 4) is 0 Å². The first-order valence-electron chi connectivity index (χ1n) is 2.98. The van der Waals surface area contributed by atoms with Crippen molar-refractivity contribution in [3.63, 3.8) is 0 Å². The minimum absolute atomic E-state index is 0.0762. The molecule has 0 aromatic carbocycles. The average molecular weight is 352 g/mol. The van der Waals surface area contributed by atoms with Gasteiger partial charge in [0.15, 0.2) is 0 Å². The van der Waals surface area contributed by atoms with Gasteiger partial charge in [-0.1, -0.05) is 0 Å². The Labute approximate surface area is 82.1 Å². The van der Waals surface area contributed by atoms with Gasteiger partial charge in [-0.25, -0.2) is 0 Å². The lowest BCUT2D eigenvalue weighted by Gasteiger charge is -2.24. The Hall–Kier alpha value is 1.87. The zero-order valence-corrected chi connectivity index (χ0v) is 11.7. The van der Waals surface area contributed by atoms with Crippen LogP contribution in [0, 0.1) is 0 Å². The van der Waals surface area contributed by atoms with Crippen molar-refractivity contribution in [2.75, 3.05) is 0 Å². The van der Waals surface area contributed by atoms with Gasteiger partial charge in [-0.3, -0.25) is 0 Å². The molecule has 1 saturated heterocycles. The van der Waals surface area contributed by atoms with Gasteiger partial charge in [0, 0.05) is 0 Å². The fourth-order valence-corrected chi connectivity index (χ4v) is 17.2. The average Bonchev–Trinajstić information content (AvgIpc) is 1.78. The van der Waals surface area contributed by atoms with Gasteiger partial charge in [-0.2, -0.15) is 0 Å². The molecule has 0 spiro atoms. The van der Waals surface area contributed by atoms with Crippen LogP contribution in [0.3, 0.4) is 0 Å². The summed E-state index contributed by atoms with van der Waals surface area (Å²) < 4.78 is 0. The van der Waals surface area contributed by atoms with E-state index in [0.29, 0.717) is 0 Å². The number of hydrogen-bond donors (Lipinski definition) is 0. The van der Waals surface area contributed by atoms with Crippen LogP contribution in [-0.2, 0) is 0 Å². The molecular formula is C4H8Br3Si2. The molecule has 0 nitrogen and oxygen atoms in total. The molecule has 53 valence electrons. The Morgan fingerprint density at radius 1 is 1.11 bits per heavy atom. The van der Waals surface area contributed by atoms with Crippen LogP contribution in [0.25, 0.3) is 0 Å². The summed E-state index contributed by atoms with van der Waals surface area (Å²) in [4.78, 5) is 0. The summed E-state index contributed by atoms with van der Waals surface area (Å²) in [5.74, 6) is 0. The first-order chi connectivity index (χ1) is 4.10. The van der Waals surface area contributed by atoms with Crippen LogP contribution in [0.5, 0.6) is 0 Å². The lowest BCUT2D eigenvalue weighted by atomic mass is 10.9. The summed E-state index contributed by atoms with van der Waals surface area (Å²) >= 11 is 11.3. The molecule has 5 heteroatoms. The zero-order chi connectivity index (χ0) is 6.91. The monoisotopic (exact) mass is 349 g/mol. The highest BCUT2D eigenvalue weighted by molar-refractivity contribution is 9.51. The third-order valence-electron chi connectivity index (χ3n) is 1.52. The molecule has 0 aromatic heterocycles. The molecule has 1 radical (unpaired) electrons. The molecule has 1 aliphatic rings. The van der Waals surface area contributed by atoms with E-state index in [2.05, 4.69) is 45.9 Å². The van der Waals surface area contributed by atoms with Gasteiger partial charge in [0.2, 0.25) is 5.31 Å². The van der Waals surface area contributed by atoms with Crippen LogP contribution in [0.2, 0.25) is 24.2 Å². The maximum absolute atomic E-state index is 3.77. The van der Waals surface area contributed by atoms with Gasteiger partial charge in [-0.15, -0.1) is 45.9 Å².